The van der Waals surface area contributed by atoms with E-state index in [1.807, 2.05) is 0 Å². The number of carbonyl (C=O) groups is 6. The molecular weight excluding hydrogens is 803 g/mol. The lowest BCUT2D eigenvalue weighted by atomic mass is 9.44. The van der Waals surface area contributed by atoms with E-state index < -0.39 is 155 Å². The van der Waals surface area contributed by atoms with Gasteiger partial charge in [-0.3, -0.25) is 19.2 Å². The standard InChI is InChI=1S/C47H51NO14/c1-25-31(60-43(56)36(52)35(28-16-10-7-11-17-28)48-41(54)29-18-12-8-13-19-29)23-47(57)40(61-42(55)30-20-14-9-15-21-30)38-45(6,32(51)22-33-46(38,24-58-33)62-27(3)50)39(53)37(59-26(2)49)34(25)44(47,4)5/h7-21,31-33,35-38,40,51-52,57H,22-24H2,1-6H3,(H,48,54)/t31-,32-,33?,35-,36+,37+,38?,40-,45+,46-,47+/m0/s1/i9D,14D,15D,20D,21D. The van der Waals surface area contributed by atoms with Crippen LogP contribution >= 0.6 is 0 Å². The van der Waals surface area contributed by atoms with Gasteiger partial charge in [-0.2, -0.15) is 0 Å². The highest BCUT2D eigenvalue weighted by Crippen LogP contribution is 2.64. The van der Waals surface area contributed by atoms with Gasteiger partial charge < -0.3 is 44.3 Å². The Labute approximate surface area is 365 Å². The Morgan fingerprint density at radius 2 is 1.52 bits per heavy atom. The Morgan fingerprint density at radius 3 is 2.10 bits per heavy atom. The zero-order valence-corrected chi connectivity index (χ0v) is 34.8. The van der Waals surface area contributed by atoms with E-state index in [-0.39, 0.29) is 23.1 Å². The Morgan fingerprint density at radius 1 is 0.887 bits per heavy atom. The number of aliphatic hydroxyl groups excluding tert-OH is 2. The van der Waals surface area contributed by atoms with E-state index in [4.69, 9.17) is 30.5 Å². The molecule has 0 aromatic heterocycles. The molecule has 4 aliphatic rings. The van der Waals surface area contributed by atoms with Crippen LogP contribution < -0.4 is 5.32 Å². The van der Waals surface area contributed by atoms with Gasteiger partial charge in [0.25, 0.3) is 5.91 Å². The summed E-state index contributed by atoms with van der Waals surface area (Å²) in [6, 6.07) is 10.00. The number of hydrogen-bond donors (Lipinski definition) is 4. The third-order valence-electron chi connectivity index (χ3n) is 13.2. The highest BCUT2D eigenvalue weighted by molar-refractivity contribution is 5.96. The first-order valence-electron chi connectivity index (χ1n) is 22.6. The summed E-state index contributed by atoms with van der Waals surface area (Å²) in [5.74, 6) is -8.30. The average molecular weight is 859 g/mol. The second kappa shape index (κ2) is 16.5. The molecular formula is C47H51NO14. The van der Waals surface area contributed by atoms with Gasteiger partial charge in [-0.05, 0) is 54.8 Å². The molecule has 2 saturated carbocycles. The molecule has 0 radical (unpaired) electrons. The summed E-state index contributed by atoms with van der Waals surface area (Å²) in [5.41, 5.74) is -9.39. The highest BCUT2D eigenvalue weighted by atomic mass is 16.6. The quantitative estimate of drug-likeness (QED) is 0.130. The molecule has 1 amide bonds. The molecule has 3 aromatic carbocycles. The molecule has 7 rings (SSSR count). The van der Waals surface area contributed by atoms with Crippen molar-refractivity contribution < 1.29 is 74.6 Å². The van der Waals surface area contributed by atoms with Gasteiger partial charge in [-0.1, -0.05) is 80.5 Å². The molecule has 11 atom stereocenters. The molecule has 3 aliphatic carbocycles. The fourth-order valence-corrected chi connectivity index (χ4v) is 9.95. The van der Waals surface area contributed by atoms with Crippen LogP contribution in [0, 0.1) is 16.7 Å². The first-order valence-corrected chi connectivity index (χ1v) is 20.1. The summed E-state index contributed by atoms with van der Waals surface area (Å²) in [7, 11) is 0. The minimum Gasteiger partial charge on any atom is -0.456 e. The number of hydrogen-bond acceptors (Lipinski definition) is 14. The van der Waals surface area contributed by atoms with E-state index in [1.165, 1.54) is 39.8 Å². The lowest BCUT2D eigenvalue weighted by Crippen LogP contribution is -2.82. The number of amides is 1. The van der Waals surface area contributed by atoms with E-state index in [0.29, 0.717) is 5.56 Å². The fraction of sp³-hybridized carbons (Fsp3) is 0.447. The molecule has 15 nitrogen and oxygen atoms in total. The SMILES string of the molecule is [2H]c1c([2H])c([2H])c(C(=O)O[C@H]2C3[C@]4(OC(C)=O)COC4C[C@H](O)[C@@]3(C)C(=O)[C@H](OC(C)=O)C3=C(C)[C@@H](OC(=O)[C@H](O)[C@@H](NC(=O)c4ccccc4)c4ccccc4)C[C@]2(O)C3(C)C)c([2H])c1[2H]. The Kier molecular flexibility index (Phi) is 10.1. The van der Waals surface area contributed by atoms with Crippen LogP contribution in [0.25, 0.3) is 0 Å². The van der Waals surface area contributed by atoms with Crippen LogP contribution in [0.5, 0.6) is 0 Å². The fourth-order valence-electron chi connectivity index (χ4n) is 9.95. The van der Waals surface area contributed by atoms with Crippen molar-refractivity contribution in [3.05, 3.63) is 119 Å². The maximum Gasteiger partial charge on any atom is 0.338 e. The van der Waals surface area contributed by atoms with Gasteiger partial charge in [-0.15, -0.1) is 0 Å². The van der Waals surface area contributed by atoms with E-state index in [9.17, 15) is 39.3 Å². The number of fused-ring (bicyclic) bond motifs is 5. The first-order chi connectivity index (χ1) is 31.3. The van der Waals surface area contributed by atoms with Gasteiger partial charge in [0.2, 0.25) is 0 Å². The number of Topliss-reactive ketones (excluding diaryl/α,β-unsaturated/α-hetero) is 1. The third kappa shape index (κ3) is 7.29. The third-order valence-corrected chi connectivity index (χ3v) is 13.2. The van der Waals surface area contributed by atoms with Gasteiger partial charge in [0.05, 0.1) is 42.5 Å². The minimum atomic E-state index is -2.67. The topological polar surface area (TPSA) is 221 Å². The van der Waals surface area contributed by atoms with Crippen molar-refractivity contribution in [1.82, 2.24) is 5.32 Å². The number of rotatable bonds is 10. The molecule has 1 saturated heterocycles. The molecule has 2 bridgehead atoms. The van der Waals surface area contributed by atoms with E-state index >= 15 is 4.79 Å². The van der Waals surface area contributed by atoms with Gasteiger partial charge in [-0.25, -0.2) is 9.59 Å². The van der Waals surface area contributed by atoms with Gasteiger partial charge in [0.15, 0.2) is 23.6 Å². The summed E-state index contributed by atoms with van der Waals surface area (Å²) in [6.45, 7) is 7.14. The number of ether oxygens (including phenoxy) is 5. The van der Waals surface area contributed by atoms with Crippen molar-refractivity contribution in [1.29, 1.82) is 0 Å². The van der Waals surface area contributed by atoms with Crippen LogP contribution in [-0.2, 0) is 42.9 Å². The molecule has 328 valence electrons. The zero-order chi connectivity index (χ0) is 49.3. The van der Waals surface area contributed by atoms with Crippen molar-refractivity contribution in [3.8, 4) is 0 Å². The Hall–Kier alpha value is -5.74. The number of ketones is 1. The summed E-state index contributed by atoms with van der Waals surface area (Å²) in [6.07, 6.45) is -12.0. The maximum absolute atomic E-state index is 15.6. The number of benzene rings is 3. The molecule has 4 N–H and O–H groups in total. The normalized spacial score (nSPS) is 33.0. The number of nitrogens with one attached hydrogen (secondary N) is 1. The first kappa shape index (κ1) is 38.0. The summed E-state index contributed by atoms with van der Waals surface area (Å²) < 4.78 is 71.8. The molecule has 15 heteroatoms. The smallest absolute Gasteiger partial charge is 0.338 e. The molecule has 1 aliphatic heterocycles. The second-order valence-electron chi connectivity index (χ2n) is 17.0. The van der Waals surface area contributed by atoms with Crippen LogP contribution in [0.1, 0.15) is 93.6 Å². The Bertz CT molecular complexity index is 2550. The van der Waals surface area contributed by atoms with Crippen molar-refractivity contribution in [2.24, 2.45) is 16.7 Å². The zero-order valence-electron chi connectivity index (χ0n) is 39.8. The highest BCUT2D eigenvalue weighted by Gasteiger charge is 2.78. The Balaban J connectivity index is 1.43. The minimum absolute atomic E-state index is 0.0435. The number of aliphatic hydroxyl groups is 3. The molecule has 2 unspecified atom stereocenters. The largest absolute Gasteiger partial charge is 0.456 e. The summed E-state index contributed by atoms with van der Waals surface area (Å²) in [4.78, 5) is 84.2. The second-order valence-corrected chi connectivity index (χ2v) is 17.0. The van der Waals surface area contributed by atoms with E-state index in [0.717, 1.165) is 13.8 Å². The molecule has 3 aromatic rings. The van der Waals surface area contributed by atoms with Crippen molar-refractivity contribution >= 4 is 35.6 Å². The van der Waals surface area contributed by atoms with Crippen LogP contribution in [0.2, 0.25) is 0 Å². The van der Waals surface area contributed by atoms with Crippen molar-refractivity contribution in [3.63, 3.8) is 0 Å². The van der Waals surface area contributed by atoms with Crippen LogP contribution in [0.15, 0.2) is 102 Å². The van der Waals surface area contributed by atoms with Crippen LogP contribution in [0.4, 0.5) is 0 Å². The average Bonchev–Trinajstić information content (AvgIpc) is 3.27. The van der Waals surface area contributed by atoms with Gasteiger partial charge >= 0.3 is 23.9 Å². The van der Waals surface area contributed by atoms with Crippen molar-refractivity contribution in [2.45, 2.75) is 108 Å². The van der Waals surface area contributed by atoms with E-state index in [1.54, 1.807) is 48.5 Å². The predicted octanol–water partition coefficient (Wildman–Crippen LogP) is 3.74. The molecule has 1 heterocycles. The van der Waals surface area contributed by atoms with Crippen LogP contribution in [0.3, 0.4) is 0 Å². The molecule has 62 heavy (non-hydrogen) atoms. The van der Waals surface area contributed by atoms with E-state index in [2.05, 4.69) is 5.32 Å². The monoisotopic (exact) mass is 858 g/mol. The lowest BCUT2D eigenvalue weighted by Gasteiger charge is -2.67. The number of esters is 4. The number of carbonyl (C=O) groups excluding carboxylic acids is 6. The summed E-state index contributed by atoms with van der Waals surface area (Å²) >= 11 is 0. The predicted molar refractivity (Wildman–Crippen MR) is 218 cm³/mol. The molecule has 3 fully saturated rings. The van der Waals surface area contributed by atoms with Crippen LogP contribution in [-0.4, -0.2) is 105 Å². The van der Waals surface area contributed by atoms with Gasteiger partial charge in [0.1, 0.15) is 23.9 Å². The van der Waals surface area contributed by atoms with Crippen molar-refractivity contribution in [2.75, 3.05) is 6.61 Å². The lowest BCUT2D eigenvalue weighted by molar-refractivity contribution is -0.346. The van der Waals surface area contributed by atoms with Gasteiger partial charge in [0, 0.05) is 37.7 Å². The molecule has 0 spiro atoms. The maximum atomic E-state index is 15.6. The summed E-state index contributed by atoms with van der Waals surface area (Å²) in [5, 5.41) is 40.4.